The zero-order valence-corrected chi connectivity index (χ0v) is 24.1. The van der Waals surface area contributed by atoms with E-state index in [4.69, 9.17) is 5.10 Å². The van der Waals surface area contributed by atoms with Gasteiger partial charge in [-0.1, -0.05) is 43.5 Å². The molecule has 2 fully saturated rings. The topological polar surface area (TPSA) is 92.4 Å². The number of hydrogen-bond donors (Lipinski definition) is 2. The third-order valence-corrected chi connectivity index (χ3v) is 9.17. The van der Waals surface area contributed by atoms with Crippen LogP contribution >= 0.6 is 0 Å². The van der Waals surface area contributed by atoms with Crippen molar-refractivity contribution < 1.29 is 9.90 Å². The number of benzene rings is 2. The minimum absolute atomic E-state index is 0.0400. The van der Waals surface area contributed by atoms with Crippen molar-refractivity contribution in [1.82, 2.24) is 14.3 Å². The summed E-state index contributed by atoms with van der Waals surface area (Å²) in [5.74, 6) is 1.24. The average molecular weight is 564 g/mol. The van der Waals surface area contributed by atoms with Gasteiger partial charge in [0.2, 0.25) is 0 Å². The van der Waals surface area contributed by atoms with E-state index in [-0.39, 0.29) is 18.1 Å². The van der Waals surface area contributed by atoms with E-state index >= 15 is 0 Å². The molecule has 1 amide bonds. The average Bonchev–Trinajstić information content (AvgIpc) is 3.77. The van der Waals surface area contributed by atoms with Gasteiger partial charge in [-0.05, 0) is 72.9 Å². The van der Waals surface area contributed by atoms with Crippen LogP contribution in [0.25, 0.3) is 11.1 Å². The number of pyridine rings is 1. The zero-order valence-electron chi connectivity index (χ0n) is 24.1. The maximum Gasteiger partial charge on any atom is 0.274 e. The number of anilines is 3. The Kier molecular flexibility index (Phi) is 6.94. The highest BCUT2D eigenvalue weighted by atomic mass is 16.3. The van der Waals surface area contributed by atoms with E-state index in [9.17, 15) is 14.7 Å². The van der Waals surface area contributed by atoms with Gasteiger partial charge in [-0.15, -0.1) is 0 Å². The molecule has 2 N–H and O–H groups in total. The molecule has 42 heavy (non-hydrogen) atoms. The largest absolute Gasteiger partial charge is 0.392 e. The van der Waals surface area contributed by atoms with Crippen LogP contribution in [0.3, 0.4) is 0 Å². The Morgan fingerprint density at radius 2 is 1.81 bits per heavy atom. The molecule has 216 valence electrons. The summed E-state index contributed by atoms with van der Waals surface area (Å²) in [5.41, 5.74) is 6.35. The summed E-state index contributed by atoms with van der Waals surface area (Å²) < 4.78 is 3.56. The first kappa shape index (κ1) is 26.7. The number of carbonyl (C=O) groups is 1. The Morgan fingerprint density at radius 1 is 0.976 bits per heavy atom. The molecule has 2 aromatic heterocycles. The number of nitrogens with zero attached hydrogens (tertiary/aromatic N) is 4. The Morgan fingerprint density at radius 3 is 2.60 bits per heavy atom. The van der Waals surface area contributed by atoms with Crippen molar-refractivity contribution in [3.63, 3.8) is 0 Å². The van der Waals surface area contributed by atoms with E-state index < -0.39 is 0 Å². The normalized spacial score (nSPS) is 17.4. The number of carbonyl (C=O) groups excluding carboxylic acids is 1. The van der Waals surface area contributed by atoms with Crippen LogP contribution < -0.4 is 15.8 Å². The summed E-state index contributed by atoms with van der Waals surface area (Å²) in [4.78, 5) is 28.6. The van der Waals surface area contributed by atoms with Gasteiger partial charge >= 0.3 is 0 Å². The first-order valence-corrected chi connectivity index (χ1v) is 15.2. The molecule has 3 aliphatic rings. The number of fused-ring (bicyclic) bond motifs is 1. The fourth-order valence-electron chi connectivity index (χ4n) is 6.71. The van der Waals surface area contributed by atoms with E-state index in [1.807, 2.05) is 47.3 Å². The van der Waals surface area contributed by atoms with Crippen LogP contribution in [0.5, 0.6) is 0 Å². The number of hydrogen-bond acceptors (Lipinski definition) is 5. The lowest BCUT2D eigenvalue weighted by Gasteiger charge is -2.31. The van der Waals surface area contributed by atoms with Gasteiger partial charge in [0.1, 0.15) is 5.69 Å². The maximum absolute atomic E-state index is 13.7. The van der Waals surface area contributed by atoms with Crippen molar-refractivity contribution >= 4 is 23.1 Å². The number of aromatic nitrogens is 3. The Bertz CT molecular complexity index is 1710. The maximum atomic E-state index is 13.7. The monoisotopic (exact) mass is 563 g/mol. The molecule has 0 spiro atoms. The third kappa shape index (κ3) is 4.94. The van der Waals surface area contributed by atoms with Gasteiger partial charge in [0.25, 0.3) is 11.5 Å². The smallest absolute Gasteiger partial charge is 0.274 e. The van der Waals surface area contributed by atoms with Gasteiger partial charge in [0.15, 0.2) is 5.82 Å². The Balaban J connectivity index is 1.19. The van der Waals surface area contributed by atoms with Crippen molar-refractivity contribution in [3.05, 3.63) is 93.5 Å². The number of amides is 1. The number of aryl methyl sites for hydroxylation is 1. The second kappa shape index (κ2) is 10.9. The van der Waals surface area contributed by atoms with Crippen molar-refractivity contribution in [1.29, 1.82) is 0 Å². The molecule has 2 aliphatic carbocycles. The van der Waals surface area contributed by atoms with E-state index in [0.29, 0.717) is 41.3 Å². The Labute approximate surface area is 245 Å². The third-order valence-electron chi connectivity index (χ3n) is 9.17. The standard InChI is InChI=1S/C34H37N5O3/c1-37-20-25(19-30(34(37)42)35-32-15-17-39(36-32)26-6-3-2-4-7-26)27-8-5-9-31(29(27)21-40)38-16-14-24-18-23(22-10-11-22)12-13-28(24)33(38)41/h5,8-9,12-13,15,17-20,22,26,40H,2-4,6-7,10-11,14,16,21H2,1H3,(H,35,36). The van der Waals surface area contributed by atoms with Crippen LogP contribution in [-0.2, 0) is 20.1 Å². The van der Waals surface area contributed by atoms with E-state index in [1.165, 1.54) is 37.7 Å². The summed E-state index contributed by atoms with van der Waals surface area (Å²) >= 11 is 0. The highest BCUT2D eigenvalue weighted by Crippen LogP contribution is 2.41. The summed E-state index contributed by atoms with van der Waals surface area (Å²) in [6.45, 7) is 0.320. The lowest BCUT2D eigenvalue weighted by atomic mass is 9.93. The van der Waals surface area contributed by atoms with Crippen LogP contribution in [0.15, 0.2) is 65.7 Å². The predicted molar refractivity (Wildman–Crippen MR) is 164 cm³/mol. The Hall–Kier alpha value is -4.17. The predicted octanol–water partition coefficient (Wildman–Crippen LogP) is 6.07. The van der Waals surface area contributed by atoms with Gasteiger partial charge in [0, 0.05) is 48.7 Å². The summed E-state index contributed by atoms with van der Waals surface area (Å²) in [5, 5.41) is 18.6. The van der Waals surface area contributed by atoms with E-state index in [2.05, 4.69) is 17.4 Å². The molecular formula is C34H37N5O3. The van der Waals surface area contributed by atoms with Crippen LogP contribution in [0, 0.1) is 0 Å². The van der Waals surface area contributed by atoms with Crippen LogP contribution in [0.1, 0.15) is 84.0 Å². The molecule has 8 nitrogen and oxygen atoms in total. The van der Waals surface area contributed by atoms with E-state index in [1.54, 1.807) is 22.7 Å². The highest BCUT2D eigenvalue weighted by Gasteiger charge is 2.30. The van der Waals surface area contributed by atoms with Gasteiger partial charge in [-0.3, -0.25) is 14.3 Å². The summed E-state index contributed by atoms with van der Waals surface area (Å²) in [6.07, 6.45) is 13.0. The SMILES string of the molecule is Cn1cc(-c2cccc(N3CCc4cc(C5CC5)ccc4C3=O)c2CO)cc(Nc2ccn(C3CCCCC3)n2)c1=O. The molecule has 7 rings (SSSR count). The second-order valence-electron chi connectivity index (χ2n) is 12.0. The van der Waals surface area contributed by atoms with Gasteiger partial charge in [-0.25, -0.2) is 0 Å². The number of rotatable bonds is 7. The fraction of sp³-hybridized carbons (Fsp3) is 0.382. The zero-order chi connectivity index (χ0) is 28.8. The molecule has 8 heteroatoms. The lowest BCUT2D eigenvalue weighted by Crippen LogP contribution is -2.38. The molecule has 0 saturated heterocycles. The molecule has 0 atom stereocenters. The number of aliphatic hydroxyl groups excluding tert-OH is 1. The van der Waals surface area contributed by atoms with Crippen molar-refractivity contribution in [2.24, 2.45) is 7.05 Å². The van der Waals surface area contributed by atoms with E-state index in [0.717, 1.165) is 41.5 Å². The van der Waals surface area contributed by atoms with Gasteiger partial charge in [0.05, 0.1) is 18.3 Å². The van der Waals surface area contributed by atoms with Crippen molar-refractivity contribution in [2.75, 3.05) is 16.8 Å². The molecular weight excluding hydrogens is 526 g/mol. The molecule has 0 bridgehead atoms. The number of aliphatic hydroxyl groups is 1. The molecule has 3 heterocycles. The summed E-state index contributed by atoms with van der Waals surface area (Å²) in [7, 11) is 1.72. The molecule has 0 radical (unpaired) electrons. The molecule has 2 saturated carbocycles. The lowest BCUT2D eigenvalue weighted by molar-refractivity contribution is 0.0980. The summed E-state index contributed by atoms with van der Waals surface area (Å²) in [6, 6.07) is 16.1. The van der Waals surface area contributed by atoms with Crippen molar-refractivity contribution in [3.8, 4) is 11.1 Å². The molecule has 0 unspecified atom stereocenters. The minimum atomic E-state index is -0.236. The van der Waals surface area contributed by atoms with Gasteiger partial charge in [-0.2, -0.15) is 5.10 Å². The van der Waals surface area contributed by atoms with Crippen molar-refractivity contribution in [2.45, 2.75) is 69.9 Å². The van der Waals surface area contributed by atoms with Crippen LogP contribution in [0.2, 0.25) is 0 Å². The number of nitrogens with one attached hydrogen (secondary N) is 1. The molecule has 1 aliphatic heterocycles. The minimum Gasteiger partial charge on any atom is -0.392 e. The fourth-order valence-corrected chi connectivity index (χ4v) is 6.71. The first-order valence-electron chi connectivity index (χ1n) is 15.2. The quantitative estimate of drug-likeness (QED) is 0.285. The molecule has 2 aromatic carbocycles. The first-order chi connectivity index (χ1) is 20.5. The van der Waals surface area contributed by atoms with Crippen LogP contribution in [0.4, 0.5) is 17.2 Å². The van der Waals surface area contributed by atoms with Crippen LogP contribution in [-0.4, -0.2) is 31.9 Å². The highest BCUT2D eigenvalue weighted by molar-refractivity contribution is 6.09. The van der Waals surface area contributed by atoms with Gasteiger partial charge < -0.3 is 19.9 Å². The molecule has 4 aromatic rings. The second-order valence-corrected chi connectivity index (χ2v) is 12.0.